The molecule has 2 aromatic rings. The van der Waals surface area contributed by atoms with Crippen LogP contribution in [-0.4, -0.2) is 21.4 Å². The number of aromatic amines is 1. The van der Waals surface area contributed by atoms with Gasteiger partial charge in [-0.1, -0.05) is 29.8 Å². The molecule has 0 unspecified atom stereocenters. The van der Waals surface area contributed by atoms with E-state index >= 15 is 0 Å². The summed E-state index contributed by atoms with van der Waals surface area (Å²) in [5, 5.41) is 0.752. The Morgan fingerprint density at radius 1 is 1.40 bits per heavy atom. The topological polar surface area (TPSA) is 75.0 Å². The second kappa shape index (κ2) is 5.26. The first-order valence-electron chi connectivity index (χ1n) is 6.47. The third kappa shape index (κ3) is 2.55. The van der Waals surface area contributed by atoms with Gasteiger partial charge in [0.15, 0.2) is 0 Å². The summed E-state index contributed by atoms with van der Waals surface area (Å²) in [4.78, 5) is 20.9. The van der Waals surface area contributed by atoms with Gasteiger partial charge in [0.2, 0.25) is 5.95 Å². The van der Waals surface area contributed by atoms with E-state index in [0.717, 1.165) is 35.8 Å². The SMILES string of the molecule is Nc1nc2c(c(=O)[nH]1)CN(Cc1ccccc1Cl)CC2. The van der Waals surface area contributed by atoms with Gasteiger partial charge in [-0.05, 0) is 11.6 Å². The van der Waals surface area contributed by atoms with Crippen molar-refractivity contribution in [3.8, 4) is 0 Å². The summed E-state index contributed by atoms with van der Waals surface area (Å²) >= 11 is 6.17. The quantitative estimate of drug-likeness (QED) is 0.880. The fourth-order valence-corrected chi connectivity index (χ4v) is 2.70. The van der Waals surface area contributed by atoms with Crippen LogP contribution >= 0.6 is 11.6 Å². The van der Waals surface area contributed by atoms with Crippen LogP contribution in [0.25, 0.3) is 0 Å². The summed E-state index contributed by atoms with van der Waals surface area (Å²) in [6.45, 7) is 2.14. The van der Waals surface area contributed by atoms with Gasteiger partial charge < -0.3 is 5.73 Å². The summed E-state index contributed by atoms with van der Waals surface area (Å²) in [5.41, 5.74) is 8.00. The molecule has 2 heterocycles. The minimum absolute atomic E-state index is 0.142. The largest absolute Gasteiger partial charge is 0.369 e. The third-order valence-electron chi connectivity index (χ3n) is 3.52. The van der Waals surface area contributed by atoms with Crippen LogP contribution < -0.4 is 11.3 Å². The van der Waals surface area contributed by atoms with Gasteiger partial charge in [0.05, 0.1) is 11.3 Å². The number of anilines is 1. The third-order valence-corrected chi connectivity index (χ3v) is 3.89. The molecular formula is C14H15ClN4O. The lowest BCUT2D eigenvalue weighted by Gasteiger charge is -2.27. The molecule has 5 nitrogen and oxygen atoms in total. The summed E-state index contributed by atoms with van der Waals surface area (Å²) in [5.74, 6) is 0.188. The molecule has 1 aliphatic heterocycles. The predicted octanol–water partition coefficient (Wildman–Crippen LogP) is 1.56. The van der Waals surface area contributed by atoms with E-state index in [0.29, 0.717) is 12.1 Å². The number of fused-ring (bicyclic) bond motifs is 1. The van der Waals surface area contributed by atoms with E-state index in [1.165, 1.54) is 0 Å². The number of rotatable bonds is 2. The molecule has 3 rings (SSSR count). The molecule has 1 aromatic carbocycles. The highest BCUT2D eigenvalue weighted by Gasteiger charge is 2.21. The number of halogens is 1. The van der Waals surface area contributed by atoms with Crippen molar-refractivity contribution in [3.63, 3.8) is 0 Å². The molecule has 0 bridgehead atoms. The lowest BCUT2D eigenvalue weighted by Crippen LogP contribution is -2.35. The molecule has 3 N–H and O–H groups in total. The average molecular weight is 291 g/mol. The van der Waals surface area contributed by atoms with E-state index in [2.05, 4.69) is 14.9 Å². The average Bonchev–Trinajstić information content (AvgIpc) is 2.42. The van der Waals surface area contributed by atoms with E-state index in [1.807, 2.05) is 24.3 Å². The number of hydrogen-bond donors (Lipinski definition) is 2. The molecule has 0 fully saturated rings. The zero-order valence-corrected chi connectivity index (χ0v) is 11.7. The molecule has 1 aromatic heterocycles. The number of nitrogens with two attached hydrogens (primary N) is 1. The highest BCUT2D eigenvalue weighted by atomic mass is 35.5. The van der Waals surface area contributed by atoms with Crippen LogP contribution in [0.2, 0.25) is 5.02 Å². The van der Waals surface area contributed by atoms with Crippen molar-refractivity contribution < 1.29 is 0 Å². The first-order chi connectivity index (χ1) is 9.63. The van der Waals surface area contributed by atoms with Gasteiger partial charge in [-0.15, -0.1) is 0 Å². The second-order valence-electron chi connectivity index (χ2n) is 4.93. The van der Waals surface area contributed by atoms with Crippen LogP contribution in [-0.2, 0) is 19.5 Å². The van der Waals surface area contributed by atoms with E-state index in [4.69, 9.17) is 17.3 Å². The van der Waals surface area contributed by atoms with Gasteiger partial charge in [0.25, 0.3) is 5.56 Å². The van der Waals surface area contributed by atoms with Gasteiger partial charge in [-0.25, -0.2) is 4.98 Å². The Morgan fingerprint density at radius 2 is 2.20 bits per heavy atom. The number of hydrogen-bond acceptors (Lipinski definition) is 4. The Labute approximate surface area is 121 Å². The number of aromatic nitrogens is 2. The Kier molecular flexibility index (Phi) is 3.46. The van der Waals surface area contributed by atoms with Crippen molar-refractivity contribution in [2.75, 3.05) is 12.3 Å². The van der Waals surface area contributed by atoms with Crippen molar-refractivity contribution in [2.24, 2.45) is 0 Å². The molecule has 0 saturated carbocycles. The fourth-order valence-electron chi connectivity index (χ4n) is 2.50. The highest BCUT2D eigenvalue weighted by molar-refractivity contribution is 6.31. The maximum atomic E-state index is 11.9. The van der Waals surface area contributed by atoms with Crippen LogP contribution in [0, 0.1) is 0 Å². The van der Waals surface area contributed by atoms with Crippen molar-refractivity contribution in [1.29, 1.82) is 0 Å². The van der Waals surface area contributed by atoms with Crippen LogP contribution in [0.5, 0.6) is 0 Å². The molecule has 0 atom stereocenters. The maximum Gasteiger partial charge on any atom is 0.257 e. The smallest absolute Gasteiger partial charge is 0.257 e. The molecule has 104 valence electrons. The predicted molar refractivity (Wildman–Crippen MR) is 78.5 cm³/mol. The monoisotopic (exact) mass is 290 g/mol. The maximum absolute atomic E-state index is 11.9. The minimum Gasteiger partial charge on any atom is -0.369 e. The zero-order chi connectivity index (χ0) is 14.1. The van der Waals surface area contributed by atoms with Gasteiger partial charge in [0, 0.05) is 31.1 Å². The lowest BCUT2D eigenvalue weighted by molar-refractivity contribution is 0.242. The second-order valence-corrected chi connectivity index (χ2v) is 5.34. The number of nitrogens with one attached hydrogen (secondary N) is 1. The van der Waals surface area contributed by atoms with Crippen molar-refractivity contribution >= 4 is 17.5 Å². The Morgan fingerprint density at radius 3 is 3.00 bits per heavy atom. The van der Waals surface area contributed by atoms with E-state index in [9.17, 15) is 4.79 Å². The molecule has 20 heavy (non-hydrogen) atoms. The summed E-state index contributed by atoms with van der Waals surface area (Å²) in [6.07, 6.45) is 0.730. The van der Waals surface area contributed by atoms with Gasteiger partial charge in [-0.2, -0.15) is 0 Å². The zero-order valence-electron chi connectivity index (χ0n) is 10.9. The number of nitrogens with zero attached hydrogens (tertiary/aromatic N) is 2. The normalized spacial score (nSPS) is 15.1. The van der Waals surface area contributed by atoms with Crippen molar-refractivity contribution in [3.05, 3.63) is 56.5 Å². The van der Waals surface area contributed by atoms with Gasteiger partial charge in [-0.3, -0.25) is 14.7 Å². The first kappa shape index (κ1) is 13.1. The molecular weight excluding hydrogens is 276 g/mol. The molecule has 6 heteroatoms. The Hall–Kier alpha value is -1.85. The standard InChI is InChI=1S/C14H15ClN4O/c15-11-4-2-1-3-9(11)7-19-6-5-12-10(8-19)13(20)18-14(16)17-12/h1-4H,5-8H2,(H3,16,17,18,20). The van der Waals surface area contributed by atoms with Crippen LogP contribution in [0.1, 0.15) is 16.8 Å². The first-order valence-corrected chi connectivity index (χ1v) is 6.84. The number of benzene rings is 1. The number of H-pyrrole nitrogens is 1. The van der Waals surface area contributed by atoms with Gasteiger partial charge in [0.1, 0.15) is 0 Å². The van der Waals surface area contributed by atoms with E-state index < -0.39 is 0 Å². The van der Waals surface area contributed by atoms with E-state index in [1.54, 1.807) is 0 Å². The van der Waals surface area contributed by atoms with Crippen molar-refractivity contribution in [2.45, 2.75) is 19.5 Å². The minimum atomic E-state index is -0.142. The van der Waals surface area contributed by atoms with Crippen LogP contribution in [0.3, 0.4) is 0 Å². The van der Waals surface area contributed by atoms with Crippen molar-refractivity contribution in [1.82, 2.24) is 14.9 Å². The lowest BCUT2D eigenvalue weighted by atomic mass is 10.1. The molecule has 0 amide bonds. The highest BCUT2D eigenvalue weighted by Crippen LogP contribution is 2.21. The van der Waals surface area contributed by atoms with Gasteiger partial charge >= 0.3 is 0 Å². The Balaban J connectivity index is 1.83. The van der Waals surface area contributed by atoms with Crippen LogP contribution in [0.15, 0.2) is 29.1 Å². The fraction of sp³-hybridized carbons (Fsp3) is 0.286. The van der Waals surface area contributed by atoms with Crippen LogP contribution in [0.4, 0.5) is 5.95 Å². The summed E-state index contributed by atoms with van der Waals surface area (Å²) in [7, 11) is 0. The van der Waals surface area contributed by atoms with E-state index in [-0.39, 0.29) is 11.5 Å². The summed E-state index contributed by atoms with van der Waals surface area (Å²) < 4.78 is 0. The summed E-state index contributed by atoms with van der Waals surface area (Å²) in [6, 6.07) is 7.76. The molecule has 0 radical (unpaired) electrons. The number of nitrogen functional groups attached to an aromatic ring is 1. The molecule has 0 saturated heterocycles. The molecule has 0 aliphatic carbocycles. The molecule has 1 aliphatic rings. The Bertz CT molecular complexity index is 698. The molecule has 0 spiro atoms.